The molecule has 0 fully saturated rings. The van der Waals surface area contributed by atoms with Crippen LogP contribution in [-0.2, 0) is 13.1 Å². The van der Waals surface area contributed by atoms with Crippen molar-refractivity contribution in [3.8, 4) is 0 Å². The summed E-state index contributed by atoms with van der Waals surface area (Å²) in [6.07, 6.45) is 4.64. The number of nitrogens with one attached hydrogen (secondary N) is 1. The van der Waals surface area contributed by atoms with Gasteiger partial charge in [-0.3, -0.25) is 0 Å². The lowest BCUT2D eigenvalue weighted by molar-refractivity contribution is 0.494. The Morgan fingerprint density at radius 2 is 1.59 bits per heavy atom. The van der Waals surface area contributed by atoms with Gasteiger partial charge in [-0.25, -0.2) is 0 Å². The summed E-state index contributed by atoms with van der Waals surface area (Å²) in [5, 5.41) is 5.16. The SMILES string of the molecule is CCC[C@H](NCc1cn(Cc2ccc(C)cc2)c2ccccc12)c1ccccc1. The molecule has 0 aliphatic carbocycles. The van der Waals surface area contributed by atoms with Gasteiger partial charge in [0.2, 0.25) is 0 Å². The van der Waals surface area contributed by atoms with Crippen LogP contribution in [0.4, 0.5) is 0 Å². The molecule has 0 radical (unpaired) electrons. The van der Waals surface area contributed by atoms with Crippen molar-refractivity contribution >= 4 is 10.9 Å². The first kappa shape index (κ1) is 19.5. The lowest BCUT2D eigenvalue weighted by atomic mass is 10.0. The maximum absolute atomic E-state index is 3.82. The van der Waals surface area contributed by atoms with Gasteiger partial charge in [-0.2, -0.15) is 0 Å². The Balaban J connectivity index is 1.58. The summed E-state index contributed by atoms with van der Waals surface area (Å²) in [6.45, 7) is 6.17. The highest BCUT2D eigenvalue weighted by Crippen LogP contribution is 2.25. The Morgan fingerprint density at radius 1 is 0.862 bits per heavy atom. The fourth-order valence-electron chi connectivity index (χ4n) is 4.08. The van der Waals surface area contributed by atoms with E-state index in [0.717, 1.165) is 19.5 Å². The number of nitrogens with zero attached hydrogens (tertiary/aromatic N) is 1. The van der Waals surface area contributed by atoms with E-state index in [2.05, 4.69) is 109 Å². The highest BCUT2D eigenvalue weighted by atomic mass is 15.0. The molecular formula is C27H30N2. The van der Waals surface area contributed by atoms with Crippen molar-refractivity contribution in [2.75, 3.05) is 0 Å². The van der Waals surface area contributed by atoms with Crippen molar-refractivity contribution in [3.63, 3.8) is 0 Å². The van der Waals surface area contributed by atoms with Crippen LogP contribution in [0.1, 0.15) is 48.1 Å². The normalized spacial score (nSPS) is 12.3. The molecule has 1 aromatic heterocycles. The minimum absolute atomic E-state index is 0.389. The third kappa shape index (κ3) is 4.60. The van der Waals surface area contributed by atoms with Crippen LogP contribution in [0.15, 0.2) is 85.1 Å². The van der Waals surface area contributed by atoms with E-state index < -0.39 is 0 Å². The summed E-state index contributed by atoms with van der Waals surface area (Å²) in [7, 11) is 0. The lowest BCUT2D eigenvalue weighted by Gasteiger charge is -2.18. The highest BCUT2D eigenvalue weighted by molar-refractivity contribution is 5.84. The van der Waals surface area contributed by atoms with Crippen LogP contribution in [0.5, 0.6) is 0 Å². The van der Waals surface area contributed by atoms with Crippen LogP contribution in [0.25, 0.3) is 10.9 Å². The number of hydrogen-bond acceptors (Lipinski definition) is 1. The van der Waals surface area contributed by atoms with Crippen molar-refractivity contribution in [1.82, 2.24) is 9.88 Å². The summed E-state index contributed by atoms with van der Waals surface area (Å²) in [5.41, 5.74) is 6.68. The zero-order chi connectivity index (χ0) is 20.1. The number of fused-ring (bicyclic) bond motifs is 1. The second-order valence-electron chi connectivity index (χ2n) is 7.92. The third-order valence-electron chi connectivity index (χ3n) is 5.66. The van der Waals surface area contributed by atoms with E-state index in [1.807, 2.05) is 0 Å². The first-order valence-electron chi connectivity index (χ1n) is 10.6. The molecular weight excluding hydrogens is 352 g/mol. The predicted molar refractivity (Wildman–Crippen MR) is 123 cm³/mol. The molecule has 4 aromatic rings. The molecule has 0 saturated carbocycles. The van der Waals surface area contributed by atoms with Gasteiger partial charge in [0, 0.05) is 36.2 Å². The van der Waals surface area contributed by atoms with Crippen LogP contribution in [0, 0.1) is 6.92 Å². The van der Waals surface area contributed by atoms with E-state index in [4.69, 9.17) is 0 Å². The second-order valence-corrected chi connectivity index (χ2v) is 7.92. The lowest BCUT2D eigenvalue weighted by Crippen LogP contribution is -2.20. The summed E-state index contributed by atoms with van der Waals surface area (Å²) >= 11 is 0. The van der Waals surface area contributed by atoms with Crippen LogP contribution in [0.2, 0.25) is 0 Å². The predicted octanol–water partition coefficient (Wildman–Crippen LogP) is 6.63. The van der Waals surface area contributed by atoms with Gasteiger partial charge < -0.3 is 9.88 Å². The molecule has 0 aliphatic rings. The van der Waals surface area contributed by atoms with Crippen molar-refractivity contribution in [2.45, 2.75) is 45.8 Å². The van der Waals surface area contributed by atoms with Gasteiger partial charge in [-0.05, 0) is 36.1 Å². The average Bonchev–Trinajstić information content (AvgIpc) is 3.11. The average molecular weight is 383 g/mol. The standard InChI is InChI=1S/C27H30N2/c1-3-9-26(23-10-5-4-6-11-23)28-18-24-20-29(27-13-8-7-12-25(24)27)19-22-16-14-21(2)15-17-22/h4-8,10-17,20,26,28H,3,9,18-19H2,1-2H3/t26-/m0/s1. The number of aryl methyl sites for hydroxylation is 1. The Hall–Kier alpha value is -2.84. The third-order valence-corrected chi connectivity index (χ3v) is 5.66. The van der Waals surface area contributed by atoms with Crippen LogP contribution in [-0.4, -0.2) is 4.57 Å². The first-order valence-corrected chi connectivity index (χ1v) is 10.6. The van der Waals surface area contributed by atoms with Gasteiger partial charge >= 0.3 is 0 Å². The van der Waals surface area contributed by atoms with Gasteiger partial charge in [0.25, 0.3) is 0 Å². The topological polar surface area (TPSA) is 17.0 Å². The van der Waals surface area contributed by atoms with E-state index in [9.17, 15) is 0 Å². The summed E-state index contributed by atoms with van der Waals surface area (Å²) in [5.74, 6) is 0. The molecule has 148 valence electrons. The summed E-state index contributed by atoms with van der Waals surface area (Å²) in [4.78, 5) is 0. The monoisotopic (exact) mass is 382 g/mol. The Bertz CT molecular complexity index is 1050. The quantitative estimate of drug-likeness (QED) is 0.362. The molecule has 29 heavy (non-hydrogen) atoms. The van der Waals surface area contributed by atoms with Gasteiger partial charge in [0.15, 0.2) is 0 Å². The van der Waals surface area contributed by atoms with E-state index in [1.165, 1.54) is 39.6 Å². The first-order chi connectivity index (χ1) is 14.2. The number of aromatic nitrogens is 1. The number of hydrogen-bond donors (Lipinski definition) is 1. The van der Waals surface area contributed by atoms with Gasteiger partial charge in [0.1, 0.15) is 0 Å². The molecule has 0 saturated heterocycles. The Labute approximate surface area is 174 Å². The second kappa shape index (κ2) is 9.11. The molecule has 0 spiro atoms. The maximum atomic E-state index is 3.82. The molecule has 2 heteroatoms. The number of rotatable bonds is 8. The molecule has 4 rings (SSSR count). The van der Waals surface area contributed by atoms with Crippen molar-refractivity contribution < 1.29 is 0 Å². The minimum atomic E-state index is 0.389. The zero-order valence-corrected chi connectivity index (χ0v) is 17.4. The highest BCUT2D eigenvalue weighted by Gasteiger charge is 2.13. The van der Waals surface area contributed by atoms with E-state index in [-0.39, 0.29) is 0 Å². The molecule has 0 unspecified atom stereocenters. The van der Waals surface area contributed by atoms with E-state index in [1.54, 1.807) is 0 Å². The minimum Gasteiger partial charge on any atom is -0.343 e. The fourth-order valence-corrected chi connectivity index (χ4v) is 4.08. The van der Waals surface area contributed by atoms with Crippen molar-refractivity contribution in [2.24, 2.45) is 0 Å². The smallest absolute Gasteiger partial charge is 0.0486 e. The van der Waals surface area contributed by atoms with Crippen molar-refractivity contribution in [1.29, 1.82) is 0 Å². The molecule has 1 atom stereocenters. The Morgan fingerprint density at radius 3 is 2.34 bits per heavy atom. The van der Waals surface area contributed by atoms with Crippen LogP contribution >= 0.6 is 0 Å². The molecule has 0 aliphatic heterocycles. The molecule has 1 heterocycles. The van der Waals surface area contributed by atoms with Crippen LogP contribution in [0.3, 0.4) is 0 Å². The molecule has 0 bridgehead atoms. The van der Waals surface area contributed by atoms with Gasteiger partial charge in [-0.1, -0.05) is 91.7 Å². The zero-order valence-electron chi connectivity index (χ0n) is 17.4. The maximum Gasteiger partial charge on any atom is 0.0486 e. The van der Waals surface area contributed by atoms with E-state index >= 15 is 0 Å². The van der Waals surface area contributed by atoms with Crippen LogP contribution < -0.4 is 5.32 Å². The molecule has 3 aromatic carbocycles. The van der Waals surface area contributed by atoms with E-state index in [0.29, 0.717) is 6.04 Å². The van der Waals surface area contributed by atoms with Crippen molar-refractivity contribution in [3.05, 3.63) is 107 Å². The molecule has 0 amide bonds. The molecule has 2 nitrogen and oxygen atoms in total. The molecule has 1 N–H and O–H groups in total. The number of benzene rings is 3. The van der Waals surface area contributed by atoms with Gasteiger partial charge in [0.05, 0.1) is 0 Å². The summed E-state index contributed by atoms with van der Waals surface area (Å²) < 4.78 is 2.38. The largest absolute Gasteiger partial charge is 0.343 e. The number of para-hydroxylation sites is 1. The van der Waals surface area contributed by atoms with Gasteiger partial charge in [-0.15, -0.1) is 0 Å². The fraction of sp³-hybridized carbons (Fsp3) is 0.259. The Kier molecular flexibility index (Phi) is 6.12. The summed E-state index contributed by atoms with van der Waals surface area (Å²) in [6, 6.07) is 28.8.